The third kappa shape index (κ3) is 4.82. The Bertz CT molecular complexity index is 1760. The minimum absolute atomic E-state index is 0.111. The Morgan fingerprint density at radius 1 is 1.15 bits per heavy atom. The predicted octanol–water partition coefficient (Wildman–Crippen LogP) is 2.05. The average molecular weight is 582 g/mol. The van der Waals surface area contributed by atoms with Gasteiger partial charge in [0.25, 0.3) is 0 Å². The summed E-state index contributed by atoms with van der Waals surface area (Å²) in [5.74, 6) is 0.797. The van der Waals surface area contributed by atoms with Gasteiger partial charge in [0, 0.05) is 45.3 Å². The second-order valence-corrected chi connectivity index (χ2v) is 11.1. The number of nitrogens with zero attached hydrogens (tertiary/aromatic N) is 6. The van der Waals surface area contributed by atoms with Crippen molar-refractivity contribution in [3.05, 3.63) is 58.1 Å². The van der Waals surface area contributed by atoms with E-state index in [2.05, 4.69) is 15.0 Å². The van der Waals surface area contributed by atoms with E-state index in [1.165, 1.54) is 10.6 Å². The van der Waals surface area contributed by atoms with E-state index in [4.69, 9.17) is 19.6 Å². The van der Waals surface area contributed by atoms with E-state index in [1.807, 2.05) is 17.0 Å². The maximum absolute atomic E-state index is 15.0. The highest BCUT2D eigenvalue weighted by atomic mass is 32.1. The van der Waals surface area contributed by atoms with Crippen LogP contribution in [0, 0.1) is 5.82 Å². The average Bonchev–Trinajstić information content (AvgIpc) is 3.76. The fourth-order valence-electron chi connectivity index (χ4n) is 5.37. The molecule has 1 aromatic carbocycles. The molecule has 0 unspecified atom stereocenters. The fraction of sp³-hybridized carbons (Fsp3) is 0.370. The van der Waals surface area contributed by atoms with Gasteiger partial charge in [-0.05, 0) is 30.3 Å². The summed E-state index contributed by atoms with van der Waals surface area (Å²) in [7, 11) is 0. The number of hydrogen-bond donors (Lipinski definition) is 2. The molecule has 14 heteroatoms. The van der Waals surface area contributed by atoms with Gasteiger partial charge >= 0.3 is 4.87 Å². The van der Waals surface area contributed by atoms with Gasteiger partial charge in [-0.3, -0.25) is 14.3 Å². The van der Waals surface area contributed by atoms with Gasteiger partial charge in [-0.25, -0.2) is 4.39 Å². The Morgan fingerprint density at radius 3 is 2.73 bits per heavy atom. The van der Waals surface area contributed by atoms with E-state index in [1.54, 1.807) is 29.0 Å². The van der Waals surface area contributed by atoms with Crippen LogP contribution in [0.3, 0.4) is 0 Å². The SMILES string of the molecule is Nc1nc2c(sc(=O)n2CCN2CCN(c3ccc(O[C@H]4COC[C@@H]4O)cc3F)CC2)c2cc(-c3ccco3)nn12. The van der Waals surface area contributed by atoms with Crippen LogP contribution in [0.5, 0.6) is 5.75 Å². The summed E-state index contributed by atoms with van der Waals surface area (Å²) in [4.78, 5) is 21.6. The first-order valence-corrected chi connectivity index (χ1v) is 14.2. The largest absolute Gasteiger partial charge is 0.485 e. The summed E-state index contributed by atoms with van der Waals surface area (Å²) >= 11 is 1.12. The van der Waals surface area contributed by atoms with Crippen molar-refractivity contribution < 1.29 is 23.4 Å². The summed E-state index contributed by atoms with van der Waals surface area (Å²) in [6.07, 6.45) is 0.371. The lowest BCUT2D eigenvalue weighted by molar-refractivity contribution is 0.0731. The molecule has 3 N–H and O–H groups in total. The molecule has 2 atom stereocenters. The molecule has 0 amide bonds. The van der Waals surface area contributed by atoms with Gasteiger partial charge in [-0.1, -0.05) is 11.3 Å². The number of anilines is 2. The van der Waals surface area contributed by atoms with Gasteiger partial charge in [-0.2, -0.15) is 14.6 Å². The lowest BCUT2D eigenvalue weighted by atomic mass is 10.2. The molecule has 7 rings (SSSR count). The van der Waals surface area contributed by atoms with Gasteiger partial charge in [0.1, 0.15) is 34.2 Å². The van der Waals surface area contributed by atoms with E-state index in [-0.39, 0.29) is 29.9 Å². The Hall–Kier alpha value is -3.98. The molecule has 0 radical (unpaired) electrons. The van der Waals surface area contributed by atoms with Crippen LogP contribution in [-0.2, 0) is 11.3 Å². The number of nitrogen functional groups attached to an aromatic ring is 1. The summed E-state index contributed by atoms with van der Waals surface area (Å²) in [6.45, 7) is 4.32. The highest BCUT2D eigenvalue weighted by Gasteiger charge is 2.28. The van der Waals surface area contributed by atoms with Crippen molar-refractivity contribution in [2.24, 2.45) is 0 Å². The number of halogens is 1. The number of nitrogens with two attached hydrogens (primary N) is 1. The number of thiazole rings is 1. The lowest BCUT2D eigenvalue weighted by Gasteiger charge is -2.36. The predicted molar refractivity (Wildman–Crippen MR) is 151 cm³/mol. The third-order valence-electron chi connectivity index (χ3n) is 7.58. The molecule has 0 saturated carbocycles. The smallest absolute Gasteiger partial charge is 0.309 e. The van der Waals surface area contributed by atoms with Crippen molar-refractivity contribution in [2.45, 2.75) is 18.8 Å². The Morgan fingerprint density at radius 2 is 2.00 bits per heavy atom. The first kappa shape index (κ1) is 26.0. The van der Waals surface area contributed by atoms with E-state index in [9.17, 15) is 14.3 Å². The molecule has 41 heavy (non-hydrogen) atoms. The second kappa shape index (κ2) is 10.4. The van der Waals surface area contributed by atoms with Crippen LogP contribution in [0.1, 0.15) is 0 Å². The van der Waals surface area contributed by atoms with E-state index in [0.29, 0.717) is 60.2 Å². The number of ether oxygens (including phenoxy) is 2. The van der Waals surface area contributed by atoms with Gasteiger partial charge in [0.15, 0.2) is 11.4 Å². The first-order valence-electron chi connectivity index (χ1n) is 13.4. The summed E-state index contributed by atoms with van der Waals surface area (Å²) in [6, 6.07) is 10.2. The maximum atomic E-state index is 15.0. The zero-order valence-corrected chi connectivity index (χ0v) is 22.8. The Balaban J connectivity index is 1.01. The number of aromatic nitrogens is 4. The van der Waals surface area contributed by atoms with Crippen LogP contribution in [0.4, 0.5) is 16.0 Å². The second-order valence-electron chi connectivity index (χ2n) is 10.1. The fourth-order valence-corrected chi connectivity index (χ4v) is 6.33. The molecular formula is C27H28FN7O5S. The molecule has 0 bridgehead atoms. The number of fused-ring (bicyclic) bond motifs is 3. The molecule has 0 spiro atoms. The highest BCUT2D eigenvalue weighted by molar-refractivity contribution is 7.17. The maximum Gasteiger partial charge on any atom is 0.309 e. The van der Waals surface area contributed by atoms with Crippen LogP contribution in [-0.4, -0.2) is 87.3 Å². The van der Waals surface area contributed by atoms with Crippen LogP contribution < -0.4 is 20.2 Å². The summed E-state index contributed by atoms with van der Waals surface area (Å²) in [5.41, 5.74) is 8.59. The van der Waals surface area contributed by atoms with Crippen LogP contribution in [0.15, 0.2) is 51.9 Å². The minimum Gasteiger partial charge on any atom is -0.485 e. The summed E-state index contributed by atoms with van der Waals surface area (Å²) in [5, 5.41) is 14.4. The van der Waals surface area contributed by atoms with Crippen LogP contribution in [0.2, 0.25) is 0 Å². The normalized spacial score (nSPS) is 20.0. The van der Waals surface area contributed by atoms with Gasteiger partial charge in [-0.15, -0.1) is 0 Å². The zero-order valence-electron chi connectivity index (χ0n) is 22.0. The van der Waals surface area contributed by atoms with Crippen molar-refractivity contribution in [1.29, 1.82) is 0 Å². The van der Waals surface area contributed by atoms with Crippen molar-refractivity contribution in [3.63, 3.8) is 0 Å². The topological polar surface area (TPSA) is 137 Å². The molecule has 0 aliphatic carbocycles. The monoisotopic (exact) mass is 581 g/mol. The first-order chi connectivity index (χ1) is 19.9. The van der Waals surface area contributed by atoms with Crippen molar-refractivity contribution in [1.82, 2.24) is 24.1 Å². The molecule has 5 aromatic rings. The number of aliphatic hydroxyl groups is 1. The molecule has 2 aliphatic rings. The van der Waals surface area contributed by atoms with E-state index in [0.717, 1.165) is 29.1 Å². The van der Waals surface area contributed by atoms with Crippen molar-refractivity contribution in [2.75, 3.05) is 56.6 Å². The number of rotatable bonds is 7. The number of furan rings is 1. The van der Waals surface area contributed by atoms with Gasteiger partial charge in [0.05, 0.1) is 30.7 Å². The Labute approximate surface area is 236 Å². The zero-order chi connectivity index (χ0) is 28.1. The molecule has 4 aromatic heterocycles. The number of piperazine rings is 1. The number of hydrogen-bond acceptors (Lipinski definition) is 11. The van der Waals surface area contributed by atoms with E-state index < -0.39 is 12.2 Å². The number of aliphatic hydroxyl groups excluding tert-OH is 1. The number of benzene rings is 1. The standard InChI is InChI=1S/C27H28FN7O5S/c28-17-12-16(40-23-15-38-14-21(23)36)3-4-19(17)33-8-5-32(6-9-33)7-10-34-25-24(41-27(34)37)20-13-18(22-2-1-11-39-22)31-35(20)26(29)30-25/h1-4,11-13,21,23,36H,5-10,14-15H2,(H2,29,30)/t21-,23-/m0/s1. The van der Waals surface area contributed by atoms with Crippen LogP contribution >= 0.6 is 11.3 Å². The molecule has 6 heterocycles. The lowest BCUT2D eigenvalue weighted by Crippen LogP contribution is -2.47. The van der Waals surface area contributed by atoms with Gasteiger partial charge in [0.2, 0.25) is 5.95 Å². The minimum atomic E-state index is -0.714. The van der Waals surface area contributed by atoms with Crippen molar-refractivity contribution >= 4 is 38.8 Å². The molecule has 2 saturated heterocycles. The van der Waals surface area contributed by atoms with Crippen molar-refractivity contribution in [3.8, 4) is 17.2 Å². The van der Waals surface area contributed by atoms with Gasteiger partial charge < -0.3 is 29.6 Å². The third-order valence-corrected chi connectivity index (χ3v) is 8.57. The quantitative estimate of drug-likeness (QED) is 0.294. The molecule has 214 valence electrons. The molecular weight excluding hydrogens is 553 g/mol. The van der Waals surface area contributed by atoms with E-state index >= 15 is 0 Å². The Kier molecular flexibility index (Phi) is 6.61. The summed E-state index contributed by atoms with van der Waals surface area (Å²) < 4.78 is 35.2. The molecule has 12 nitrogen and oxygen atoms in total. The molecule has 2 aliphatic heterocycles. The van der Waals surface area contributed by atoms with Crippen LogP contribution in [0.25, 0.3) is 27.3 Å². The molecule has 2 fully saturated rings. The highest BCUT2D eigenvalue weighted by Crippen LogP contribution is 2.29.